The van der Waals surface area contributed by atoms with Crippen molar-refractivity contribution < 1.29 is 28.6 Å². The van der Waals surface area contributed by atoms with E-state index in [1.165, 1.54) is 38.3 Å². The van der Waals surface area contributed by atoms with E-state index in [1.807, 2.05) is 0 Å². The third kappa shape index (κ3) is 4.94. The fourth-order valence-corrected chi connectivity index (χ4v) is 2.06. The van der Waals surface area contributed by atoms with Crippen LogP contribution < -0.4 is 20.1 Å². The van der Waals surface area contributed by atoms with Gasteiger partial charge >= 0.3 is 11.7 Å². The number of amides is 2. The summed E-state index contributed by atoms with van der Waals surface area (Å²) in [5.74, 6) is -1.46. The number of aromatic nitrogens is 1. The quantitative estimate of drug-likeness (QED) is 0.452. The fraction of sp³-hybridized carbons (Fsp3) is 0.176. The molecule has 0 aliphatic heterocycles. The minimum Gasteiger partial charge on any atom is -0.618 e. The highest BCUT2D eigenvalue weighted by Crippen LogP contribution is 2.27. The van der Waals surface area contributed by atoms with Crippen LogP contribution in [0.1, 0.15) is 17.4 Å². The normalized spacial score (nSPS) is 9.92. The number of carbonyl (C=O) groups is 3. The van der Waals surface area contributed by atoms with Gasteiger partial charge in [0.15, 0.2) is 12.8 Å². The third-order valence-electron chi connectivity index (χ3n) is 3.16. The molecule has 0 bridgehead atoms. The summed E-state index contributed by atoms with van der Waals surface area (Å²) in [6.07, 6.45) is 1.15. The molecule has 0 aliphatic carbocycles. The Kier molecular flexibility index (Phi) is 6.10. The molecular weight excluding hydrogens is 342 g/mol. The number of benzene rings is 1. The molecule has 0 aliphatic rings. The van der Waals surface area contributed by atoms with Crippen LogP contribution in [0.4, 0.5) is 11.4 Å². The molecule has 2 N–H and O–H groups in total. The molecule has 1 heterocycles. The Hall–Kier alpha value is -3.62. The monoisotopic (exact) mass is 359 g/mol. The molecule has 0 spiro atoms. The van der Waals surface area contributed by atoms with Crippen LogP contribution in [-0.2, 0) is 14.3 Å². The van der Waals surface area contributed by atoms with Crippen LogP contribution >= 0.6 is 0 Å². The number of pyridine rings is 1. The lowest BCUT2D eigenvalue weighted by molar-refractivity contribution is -0.608. The molecule has 1 aromatic heterocycles. The van der Waals surface area contributed by atoms with Gasteiger partial charge in [-0.2, -0.15) is 4.73 Å². The van der Waals surface area contributed by atoms with Crippen molar-refractivity contribution in [2.24, 2.45) is 0 Å². The number of rotatable bonds is 6. The molecule has 2 aromatic rings. The Bertz CT molecular complexity index is 837. The first kappa shape index (κ1) is 18.7. The molecule has 0 radical (unpaired) electrons. The first-order valence-corrected chi connectivity index (χ1v) is 7.51. The Morgan fingerprint density at radius 1 is 1.15 bits per heavy atom. The van der Waals surface area contributed by atoms with Crippen molar-refractivity contribution in [1.29, 1.82) is 0 Å². The molecule has 136 valence electrons. The summed E-state index contributed by atoms with van der Waals surface area (Å²) in [5, 5.41) is 16.6. The minimum absolute atomic E-state index is 0.231. The summed E-state index contributed by atoms with van der Waals surface area (Å²) >= 11 is 0. The van der Waals surface area contributed by atoms with E-state index in [0.29, 0.717) is 21.9 Å². The summed E-state index contributed by atoms with van der Waals surface area (Å²) < 4.78 is 10.3. The van der Waals surface area contributed by atoms with Crippen LogP contribution in [0, 0.1) is 5.21 Å². The maximum Gasteiger partial charge on any atom is 0.405 e. The van der Waals surface area contributed by atoms with Crippen molar-refractivity contribution in [1.82, 2.24) is 0 Å². The van der Waals surface area contributed by atoms with E-state index in [1.54, 1.807) is 12.1 Å². The van der Waals surface area contributed by atoms with E-state index in [2.05, 4.69) is 10.6 Å². The van der Waals surface area contributed by atoms with Gasteiger partial charge in [-0.05, 0) is 24.3 Å². The lowest BCUT2D eigenvalue weighted by Gasteiger charge is -2.12. The summed E-state index contributed by atoms with van der Waals surface area (Å²) in [6, 6.07) is 8.93. The number of anilines is 2. The van der Waals surface area contributed by atoms with Gasteiger partial charge in [-0.1, -0.05) is 0 Å². The molecule has 0 unspecified atom stereocenters. The smallest absolute Gasteiger partial charge is 0.405 e. The van der Waals surface area contributed by atoms with Crippen LogP contribution in [0.15, 0.2) is 42.6 Å². The Labute approximate surface area is 149 Å². The number of esters is 1. The van der Waals surface area contributed by atoms with Gasteiger partial charge in [0, 0.05) is 24.7 Å². The van der Waals surface area contributed by atoms with Crippen LogP contribution in [0.25, 0.3) is 0 Å². The van der Waals surface area contributed by atoms with E-state index in [9.17, 15) is 19.6 Å². The number of nitrogens with one attached hydrogen (secondary N) is 2. The minimum atomic E-state index is -0.922. The topological polar surface area (TPSA) is 121 Å². The van der Waals surface area contributed by atoms with E-state index < -0.39 is 18.5 Å². The Morgan fingerprint density at radius 2 is 1.92 bits per heavy atom. The largest absolute Gasteiger partial charge is 0.618 e. The maximum atomic E-state index is 12.0. The second-order valence-corrected chi connectivity index (χ2v) is 5.13. The molecule has 9 heteroatoms. The van der Waals surface area contributed by atoms with Gasteiger partial charge in [0.1, 0.15) is 5.75 Å². The van der Waals surface area contributed by atoms with Crippen LogP contribution in [-0.4, -0.2) is 31.5 Å². The predicted octanol–water partition coefficient (Wildman–Crippen LogP) is 1.08. The zero-order chi connectivity index (χ0) is 19.1. The van der Waals surface area contributed by atoms with Crippen molar-refractivity contribution in [3.8, 4) is 5.75 Å². The number of hydrogen-bond donors (Lipinski definition) is 2. The fourth-order valence-electron chi connectivity index (χ4n) is 2.06. The van der Waals surface area contributed by atoms with Gasteiger partial charge in [-0.3, -0.25) is 9.59 Å². The molecule has 2 amide bonds. The van der Waals surface area contributed by atoms with E-state index >= 15 is 0 Å². The van der Waals surface area contributed by atoms with Gasteiger partial charge in [0.25, 0.3) is 5.91 Å². The molecule has 1 aromatic carbocycles. The molecule has 0 saturated carbocycles. The number of methoxy groups -OCH3 is 1. The van der Waals surface area contributed by atoms with Crippen LogP contribution in [0.2, 0.25) is 0 Å². The van der Waals surface area contributed by atoms with Crippen molar-refractivity contribution in [2.75, 3.05) is 24.4 Å². The number of ether oxygens (including phenoxy) is 2. The highest BCUT2D eigenvalue weighted by molar-refractivity contribution is 5.97. The van der Waals surface area contributed by atoms with Crippen molar-refractivity contribution in [2.45, 2.75) is 6.92 Å². The van der Waals surface area contributed by atoms with Gasteiger partial charge in [-0.15, -0.1) is 0 Å². The van der Waals surface area contributed by atoms with Crippen LogP contribution in [0.5, 0.6) is 5.75 Å². The van der Waals surface area contributed by atoms with Crippen molar-refractivity contribution in [3.05, 3.63) is 53.5 Å². The Balaban J connectivity index is 2.02. The summed E-state index contributed by atoms with van der Waals surface area (Å²) in [4.78, 5) is 35.0. The molecular formula is C17H17N3O6. The van der Waals surface area contributed by atoms with Gasteiger partial charge in [0.05, 0.1) is 12.8 Å². The Morgan fingerprint density at radius 3 is 2.58 bits per heavy atom. The van der Waals surface area contributed by atoms with E-state index in [0.717, 1.165) is 6.20 Å². The first-order valence-electron chi connectivity index (χ1n) is 7.51. The average Bonchev–Trinajstić information content (AvgIpc) is 2.60. The highest BCUT2D eigenvalue weighted by Gasteiger charge is 2.18. The summed E-state index contributed by atoms with van der Waals surface area (Å²) in [6.45, 7) is 0.759. The summed E-state index contributed by atoms with van der Waals surface area (Å²) in [7, 11) is 1.42. The highest BCUT2D eigenvalue weighted by atomic mass is 16.5. The third-order valence-corrected chi connectivity index (χ3v) is 3.16. The molecule has 9 nitrogen and oxygen atoms in total. The van der Waals surface area contributed by atoms with Gasteiger partial charge in [0.2, 0.25) is 5.91 Å². The van der Waals surface area contributed by atoms with Crippen LogP contribution in [0.3, 0.4) is 0 Å². The molecule has 0 atom stereocenters. The van der Waals surface area contributed by atoms with E-state index in [4.69, 9.17) is 9.47 Å². The van der Waals surface area contributed by atoms with Gasteiger partial charge in [-0.25, -0.2) is 4.79 Å². The zero-order valence-electron chi connectivity index (χ0n) is 14.1. The summed E-state index contributed by atoms with van der Waals surface area (Å²) in [5.41, 5.74) is 0.520. The lowest BCUT2D eigenvalue weighted by Crippen LogP contribution is -2.35. The van der Waals surface area contributed by atoms with Gasteiger partial charge < -0.3 is 25.3 Å². The number of nitrogens with zero attached hydrogens (tertiary/aromatic N) is 1. The predicted molar refractivity (Wildman–Crippen MR) is 91.6 cm³/mol. The number of carbonyl (C=O) groups excluding carboxylic acids is 3. The molecule has 0 fully saturated rings. The van der Waals surface area contributed by atoms with E-state index in [-0.39, 0.29) is 11.6 Å². The number of hydrogen-bond acceptors (Lipinski definition) is 6. The molecule has 2 rings (SSSR count). The SMILES string of the molecule is COc1ccc(NC(C)=O)cc1NC(=O)COC(=O)c1cccc[n+]1[O-]. The second kappa shape index (κ2) is 8.47. The van der Waals surface area contributed by atoms with Crippen molar-refractivity contribution >= 4 is 29.2 Å². The zero-order valence-corrected chi connectivity index (χ0v) is 14.1. The second-order valence-electron chi connectivity index (χ2n) is 5.13. The standard InChI is InChI=1S/C17H17N3O6/c1-11(21)18-12-6-7-15(25-2)13(9-12)19-16(22)10-26-17(23)14-5-3-4-8-20(14)24/h3-9H,10H2,1-2H3,(H,18,21)(H,19,22). The molecule has 26 heavy (non-hydrogen) atoms. The molecule has 0 saturated heterocycles. The maximum absolute atomic E-state index is 12.0. The first-order chi connectivity index (χ1) is 12.4. The lowest BCUT2D eigenvalue weighted by atomic mass is 10.2. The average molecular weight is 359 g/mol. The van der Waals surface area contributed by atoms with Crippen molar-refractivity contribution in [3.63, 3.8) is 0 Å².